The van der Waals surface area contributed by atoms with Crippen LogP contribution in [0.25, 0.3) is 0 Å². The third kappa shape index (κ3) is 5.35. The van der Waals surface area contributed by atoms with Crippen LogP contribution in [-0.4, -0.2) is 24.1 Å². The second-order valence-corrected chi connectivity index (χ2v) is 5.01. The van der Waals surface area contributed by atoms with E-state index in [0.29, 0.717) is 5.84 Å². The van der Waals surface area contributed by atoms with Crippen LogP contribution in [-0.2, 0) is 0 Å². The summed E-state index contributed by atoms with van der Waals surface area (Å²) in [5.41, 5.74) is 5.38. The monoisotopic (exact) mass is 229 g/mol. The zero-order valence-electron chi connectivity index (χ0n) is 11.1. The smallest absolute Gasteiger partial charge is 0.144 e. The third-order valence-corrected chi connectivity index (χ3v) is 3.32. The summed E-state index contributed by atoms with van der Waals surface area (Å²) in [6, 6.07) is 0. The van der Waals surface area contributed by atoms with Crippen LogP contribution in [0, 0.1) is 11.3 Å². The number of oxime groups is 1. The van der Waals surface area contributed by atoms with Gasteiger partial charge in [-0.3, -0.25) is 0 Å². The van der Waals surface area contributed by atoms with Gasteiger partial charge in [-0.25, -0.2) is 0 Å². The molecule has 0 fully saturated rings. The largest absolute Gasteiger partial charge is 0.409 e. The molecule has 0 aromatic heterocycles. The summed E-state index contributed by atoms with van der Waals surface area (Å²) >= 11 is 0. The minimum Gasteiger partial charge on any atom is -0.409 e. The SMILES string of the molecule is CCC(CC)CNCCC(C)(C)C(N)=NO. The lowest BCUT2D eigenvalue weighted by molar-refractivity contribution is 0.304. The third-order valence-electron chi connectivity index (χ3n) is 3.32. The number of hydrogen-bond acceptors (Lipinski definition) is 3. The molecule has 0 aliphatic carbocycles. The van der Waals surface area contributed by atoms with E-state index in [9.17, 15) is 0 Å². The number of rotatable bonds is 8. The molecule has 0 saturated heterocycles. The lowest BCUT2D eigenvalue weighted by Gasteiger charge is -2.23. The Kier molecular flexibility index (Phi) is 7.13. The molecule has 0 aliphatic heterocycles. The normalized spacial score (nSPS) is 13.4. The Bertz CT molecular complexity index is 210. The molecule has 4 nitrogen and oxygen atoms in total. The van der Waals surface area contributed by atoms with Crippen molar-refractivity contribution in [1.29, 1.82) is 0 Å². The number of nitrogens with one attached hydrogen (secondary N) is 1. The minimum atomic E-state index is -0.240. The van der Waals surface area contributed by atoms with Crippen LogP contribution >= 0.6 is 0 Å². The van der Waals surface area contributed by atoms with Crippen molar-refractivity contribution in [2.45, 2.75) is 47.0 Å². The highest BCUT2D eigenvalue weighted by molar-refractivity contribution is 5.85. The van der Waals surface area contributed by atoms with Gasteiger partial charge >= 0.3 is 0 Å². The summed E-state index contributed by atoms with van der Waals surface area (Å²) in [7, 11) is 0. The highest BCUT2D eigenvalue weighted by Crippen LogP contribution is 2.19. The van der Waals surface area contributed by atoms with Gasteiger partial charge in [0.15, 0.2) is 0 Å². The highest BCUT2D eigenvalue weighted by atomic mass is 16.4. The highest BCUT2D eigenvalue weighted by Gasteiger charge is 2.22. The molecule has 0 amide bonds. The van der Waals surface area contributed by atoms with E-state index in [4.69, 9.17) is 10.9 Å². The van der Waals surface area contributed by atoms with Crippen molar-refractivity contribution in [1.82, 2.24) is 5.32 Å². The zero-order valence-corrected chi connectivity index (χ0v) is 11.1. The Balaban J connectivity index is 3.81. The number of nitrogens with zero attached hydrogens (tertiary/aromatic N) is 1. The zero-order chi connectivity index (χ0) is 12.6. The lowest BCUT2D eigenvalue weighted by Crippen LogP contribution is -2.35. The molecule has 0 rings (SSSR count). The Morgan fingerprint density at radius 1 is 1.38 bits per heavy atom. The van der Waals surface area contributed by atoms with Crippen molar-refractivity contribution < 1.29 is 5.21 Å². The average Bonchev–Trinajstić information content (AvgIpc) is 2.28. The summed E-state index contributed by atoms with van der Waals surface area (Å²) in [4.78, 5) is 0. The van der Waals surface area contributed by atoms with Crippen LogP contribution in [0.2, 0.25) is 0 Å². The molecule has 0 aliphatic rings. The molecule has 4 heteroatoms. The fourth-order valence-corrected chi connectivity index (χ4v) is 1.55. The molecule has 4 N–H and O–H groups in total. The predicted octanol–water partition coefficient (Wildman–Crippen LogP) is 2.17. The van der Waals surface area contributed by atoms with Gasteiger partial charge < -0.3 is 16.3 Å². The van der Waals surface area contributed by atoms with Gasteiger partial charge in [0.2, 0.25) is 0 Å². The van der Waals surface area contributed by atoms with Crippen LogP contribution in [0.4, 0.5) is 0 Å². The van der Waals surface area contributed by atoms with Gasteiger partial charge in [0, 0.05) is 5.41 Å². The van der Waals surface area contributed by atoms with Crippen molar-refractivity contribution in [2.24, 2.45) is 22.2 Å². The van der Waals surface area contributed by atoms with E-state index in [1.165, 1.54) is 12.8 Å². The van der Waals surface area contributed by atoms with E-state index in [1.807, 2.05) is 13.8 Å². The fraction of sp³-hybridized carbons (Fsp3) is 0.917. The van der Waals surface area contributed by atoms with Crippen LogP contribution < -0.4 is 11.1 Å². The van der Waals surface area contributed by atoms with Gasteiger partial charge in [-0.2, -0.15) is 0 Å². The number of amidine groups is 1. The van der Waals surface area contributed by atoms with E-state index in [2.05, 4.69) is 24.3 Å². The molecule has 0 bridgehead atoms. The maximum absolute atomic E-state index is 8.63. The standard InChI is InChI=1S/C12H27N3O/c1-5-10(6-2)9-14-8-7-12(3,4)11(13)15-16/h10,14,16H,5-9H2,1-4H3,(H2,13,15). The van der Waals surface area contributed by atoms with Crippen LogP contribution in [0.1, 0.15) is 47.0 Å². The molecule has 0 atom stereocenters. The van der Waals surface area contributed by atoms with E-state index in [1.54, 1.807) is 0 Å². The Morgan fingerprint density at radius 3 is 2.38 bits per heavy atom. The topological polar surface area (TPSA) is 70.6 Å². The van der Waals surface area contributed by atoms with Gasteiger partial charge in [0.05, 0.1) is 0 Å². The molecule has 0 aromatic rings. The maximum atomic E-state index is 8.63. The molecule has 0 saturated carbocycles. The summed E-state index contributed by atoms with van der Waals surface area (Å²) in [6.45, 7) is 10.4. The van der Waals surface area contributed by atoms with Crippen molar-refractivity contribution >= 4 is 5.84 Å². The molecule has 0 aromatic carbocycles. The molecule has 0 heterocycles. The molecule has 0 spiro atoms. The molecule has 0 unspecified atom stereocenters. The van der Waals surface area contributed by atoms with Gasteiger partial charge in [-0.1, -0.05) is 45.7 Å². The Morgan fingerprint density at radius 2 is 1.94 bits per heavy atom. The summed E-state index contributed by atoms with van der Waals surface area (Å²) in [6.07, 6.45) is 3.31. The van der Waals surface area contributed by atoms with Crippen molar-refractivity contribution in [3.05, 3.63) is 0 Å². The first-order valence-corrected chi connectivity index (χ1v) is 6.16. The van der Waals surface area contributed by atoms with Gasteiger partial charge in [0.25, 0.3) is 0 Å². The lowest BCUT2D eigenvalue weighted by atomic mass is 9.88. The summed E-state index contributed by atoms with van der Waals surface area (Å²) in [5.74, 6) is 1.06. The number of hydrogen-bond donors (Lipinski definition) is 3. The Labute approximate surface area is 99.3 Å². The maximum Gasteiger partial charge on any atom is 0.144 e. The fourth-order valence-electron chi connectivity index (χ4n) is 1.55. The molecule has 96 valence electrons. The van der Waals surface area contributed by atoms with Crippen molar-refractivity contribution in [3.63, 3.8) is 0 Å². The van der Waals surface area contributed by atoms with Gasteiger partial charge in [0.1, 0.15) is 5.84 Å². The van der Waals surface area contributed by atoms with E-state index in [-0.39, 0.29) is 5.41 Å². The van der Waals surface area contributed by atoms with Crippen molar-refractivity contribution in [3.8, 4) is 0 Å². The van der Waals surface area contributed by atoms with E-state index in [0.717, 1.165) is 25.4 Å². The molecule has 0 radical (unpaired) electrons. The van der Waals surface area contributed by atoms with Crippen LogP contribution in [0.5, 0.6) is 0 Å². The molecular formula is C12H27N3O. The minimum absolute atomic E-state index is 0.240. The van der Waals surface area contributed by atoms with Crippen LogP contribution in [0.15, 0.2) is 5.16 Å². The second kappa shape index (κ2) is 7.49. The first-order chi connectivity index (χ1) is 7.47. The first kappa shape index (κ1) is 15.2. The van der Waals surface area contributed by atoms with E-state index >= 15 is 0 Å². The Hall–Kier alpha value is -0.770. The summed E-state index contributed by atoms with van der Waals surface area (Å²) < 4.78 is 0. The van der Waals surface area contributed by atoms with Crippen molar-refractivity contribution in [2.75, 3.05) is 13.1 Å². The van der Waals surface area contributed by atoms with Crippen LogP contribution in [0.3, 0.4) is 0 Å². The first-order valence-electron chi connectivity index (χ1n) is 6.16. The van der Waals surface area contributed by atoms with Gasteiger partial charge in [-0.15, -0.1) is 0 Å². The average molecular weight is 229 g/mol. The van der Waals surface area contributed by atoms with Gasteiger partial charge in [-0.05, 0) is 25.4 Å². The molecular weight excluding hydrogens is 202 g/mol. The quantitative estimate of drug-likeness (QED) is 0.196. The predicted molar refractivity (Wildman–Crippen MR) is 68.7 cm³/mol. The number of nitrogens with two attached hydrogens (primary N) is 1. The second-order valence-electron chi connectivity index (χ2n) is 5.01. The molecule has 16 heavy (non-hydrogen) atoms. The summed E-state index contributed by atoms with van der Waals surface area (Å²) in [5, 5.41) is 15.1. The van der Waals surface area contributed by atoms with E-state index < -0.39 is 0 Å².